The third-order valence-electron chi connectivity index (χ3n) is 3.25. The first-order valence-electron chi connectivity index (χ1n) is 7.44. The van der Waals surface area contributed by atoms with Crippen LogP contribution in [0.4, 0.5) is 4.79 Å². The molecule has 0 heterocycles. The molecule has 0 radical (unpaired) electrons. The molecule has 0 aromatic heterocycles. The predicted octanol–water partition coefficient (Wildman–Crippen LogP) is 2.93. The lowest BCUT2D eigenvalue weighted by Gasteiger charge is -2.24. The molecule has 0 unspecified atom stereocenters. The fourth-order valence-electron chi connectivity index (χ4n) is 2.08. The van der Waals surface area contributed by atoms with Gasteiger partial charge in [0.1, 0.15) is 11.6 Å². The van der Waals surface area contributed by atoms with E-state index in [1.165, 1.54) is 21.1 Å². The summed E-state index contributed by atoms with van der Waals surface area (Å²) in [5, 5.41) is 13.8. The Bertz CT molecular complexity index is 597. The van der Waals surface area contributed by atoms with E-state index in [1.807, 2.05) is 0 Å². The van der Waals surface area contributed by atoms with E-state index in [1.54, 1.807) is 39.0 Å². The maximum absolute atomic E-state index is 12.0. The summed E-state index contributed by atoms with van der Waals surface area (Å²) in [7, 11) is 2.96. The van der Waals surface area contributed by atoms with Gasteiger partial charge in [-0.15, -0.1) is 0 Å². The van der Waals surface area contributed by atoms with Crippen molar-refractivity contribution in [3.8, 4) is 11.5 Å². The smallest absolute Gasteiger partial charge is 0.408 e. The summed E-state index contributed by atoms with van der Waals surface area (Å²) in [5.74, 6) is 0.910. The molecule has 8 nitrogen and oxygen atoms in total. The van der Waals surface area contributed by atoms with E-state index in [9.17, 15) is 14.9 Å². The summed E-state index contributed by atoms with van der Waals surface area (Å²) in [6.45, 7) is 6.57. The fraction of sp³-hybridized carbons (Fsp3) is 0.562. The molecule has 0 aliphatic carbocycles. The van der Waals surface area contributed by atoms with Crippen molar-refractivity contribution in [1.82, 2.24) is 5.32 Å². The molecule has 2 atom stereocenters. The first-order valence-corrected chi connectivity index (χ1v) is 7.44. The lowest BCUT2D eigenvalue weighted by molar-refractivity contribution is -0.523. The minimum Gasteiger partial charge on any atom is -0.493 e. The van der Waals surface area contributed by atoms with E-state index >= 15 is 0 Å². The third-order valence-corrected chi connectivity index (χ3v) is 3.25. The van der Waals surface area contributed by atoms with Crippen LogP contribution in [0.5, 0.6) is 11.5 Å². The van der Waals surface area contributed by atoms with E-state index in [-0.39, 0.29) is 0 Å². The van der Waals surface area contributed by atoms with E-state index in [4.69, 9.17) is 14.2 Å². The third kappa shape index (κ3) is 5.29. The largest absolute Gasteiger partial charge is 0.493 e. The average molecular weight is 340 g/mol. The molecule has 24 heavy (non-hydrogen) atoms. The minimum atomic E-state index is -1.06. The normalized spacial score (nSPS) is 13.6. The lowest BCUT2D eigenvalue weighted by atomic mass is 10.0. The Morgan fingerprint density at radius 2 is 1.79 bits per heavy atom. The Morgan fingerprint density at radius 3 is 2.25 bits per heavy atom. The van der Waals surface area contributed by atoms with Gasteiger partial charge in [0.05, 0.1) is 14.2 Å². The maximum Gasteiger partial charge on any atom is 0.408 e. The van der Waals surface area contributed by atoms with Gasteiger partial charge in [0.2, 0.25) is 6.04 Å². The van der Waals surface area contributed by atoms with Crippen molar-refractivity contribution in [3.63, 3.8) is 0 Å². The highest BCUT2D eigenvalue weighted by atomic mass is 16.6. The number of benzene rings is 1. The Balaban J connectivity index is 3.15. The molecule has 1 amide bonds. The van der Waals surface area contributed by atoms with E-state index in [0.29, 0.717) is 17.1 Å². The van der Waals surface area contributed by atoms with Crippen LogP contribution in [0.25, 0.3) is 0 Å². The highest BCUT2D eigenvalue weighted by molar-refractivity contribution is 5.68. The number of rotatable bonds is 6. The number of hydrogen-bond acceptors (Lipinski definition) is 6. The predicted molar refractivity (Wildman–Crippen MR) is 88.1 cm³/mol. The zero-order valence-electron chi connectivity index (χ0n) is 14.8. The Labute approximate surface area is 141 Å². The van der Waals surface area contributed by atoms with Crippen molar-refractivity contribution in [1.29, 1.82) is 0 Å². The number of nitro groups is 1. The summed E-state index contributed by atoms with van der Waals surface area (Å²) in [6, 6.07) is 2.93. The maximum atomic E-state index is 12.0. The highest BCUT2D eigenvalue weighted by Crippen LogP contribution is 2.31. The van der Waals surface area contributed by atoms with Crippen LogP contribution >= 0.6 is 0 Å². The molecule has 1 rings (SSSR count). The number of amides is 1. The van der Waals surface area contributed by atoms with Crippen LogP contribution in [-0.2, 0) is 4.74 Å². The SMILES string of the molecule is COc1ccc([C@@H](NC(=O)OC(C)(C)C)[C@H](C)[N+](=O)[O-])cc1OC. The van der Waals surface area contributed by atoms with Crippen molar-refractivity contribution >= 4 is 6.09 Å². The quantitative estimate of drug-likeness (QED) is 0.631. The van der Waals surface area contributed by atoms with Gasteiger partial charge in [0, 0.05) is 11.8 Å². The number of hydrogen-bond donors (Lipinski definition) is 1. The van der Waals surface area contributed by atoms with Crippen LogP contribution in [-0.4, -0.2) is 36.9 Å². The van der Waals surface area contributed by atoms with Gasteiger partial charge in [-0.25, -0.2) is 4.79 Å². The van der Waals surface area contributed by atoms with E-state index in [2.05, 4.69) is 5.32 Å². The number of carbonyl (C=O) groups is 1. The summed E-state index contributed by atoms with van der Waals surface area (Å²) < 4.78 is 15.6. The summed E-state index contributed by atoms with van der Waals surface area (Å²) in [6.07, 6.45) is -0.726. The number of ether oxygens (including phenoxy) is 3. The monoisotopic (exact) mass is 340 g/mol. The van der Waals surface area contributed by atoms with Crippen molar-refractivity contribution < 1.29 is 23.9 Å². The molecule has 8 heteroatoms. The molecule has 0 aliphatic rings. The van der Waals surface area contributed by atoms with Crippen molar-refractivity contribution in [2.24, 2.45) is 0 Å². The topological polar surface area (TPSA) is 99.9 Å². The van der Waals surface area contributed by atoms with Crippen LogP contribution in [0.15, 0.2) is 18.2 Å². The number of nitrogens with zero attached hydrogens (tertiary/aromatic N) is 1. The standard InChI is InChI=1S/C16H24N2O6/c1-10(18(20)21)14(17-15(19)24-16(2,3)4)11-7-8-12(22-5)13(9-11)23-6/h7-10,14H,1-6H3,(H,17,19)/t10-,14-/m0/s1. The van der Waals surface area contributed by atoms with Crippen LogP contribution in [0, 0.1) is 10.1 Å². The number of nitrogens with one attached hydrogen (secondary N) is 1. The molecule has 0 aliphatic heterocycles. The molecular formula is C16H24N2O6. The van der Waals surface area contributed by atoms with Crippen LogP contribution in [0.3, 0.4) is 0 Å². The van der Waals surface area contributed by atoms with Crippen molar-refractivity contribution in [3.05, 3.63) is 33.9 Å². The van der Waals surface area contributed by atoms with Gasteiger partial charge < -0.3 is 19.5 Å². The van der Waals surface area contributed by atoms with Gasteiger partial charge in [-0.3, -0.25) is 10.1 Å². The van der Waals surface area contributed by atoms with Gasteiger partial charge in [0.15, 0.2) is 11.5 Å². The average Bonchev–Trinajstić information content (AvgIpc) is 2.49. The van der Waals surface area contributed by atoms with Crippen LogP contribution in [0.1, 0.15) is 39.3 Å². The molecule has 0 saturated heterocycles. The zero-order valence-corrected chi connectivity index (χ0v) is 14.8. The van der Waals surface area contributed by atoms with Gasteiger partial charge >= 0.3 is 6.09 Å². The second-order valence-corrected chi connectivity index (χ2v) is 6.26. The molecule has 1 aromatic rings. The second kappa shape index (κ2) is 7.85. The van der Waals surface area contributed by atoms with Gasteiger partial charge in [-0.2, -0.15) is 0 Å². The zero-order chi connectivity index (χ0) is 18.5. The number of alkyl carbamates (subject to hydrolysis) is 1. The first-order chi connectivity index (χ1) is 11.1. The Hall–Kier alpha value is -2.51. The summed E-state index contributed by atoms with van der Waals surface area (Å²) >= 11 is 0. The minimum absolute atomic E-state index is 0.418. The summed E-state index contributed by atoms with van der Waals surface area (Å²) in [5.41, 5.74) is -0.188. The lowest BCUT2D eigenvalue weighted by Crippen LogP contribution is -2.41. The molecule has 0 fully saturated rings. The Kier molecular flexibility index (Phi) is 6.39. The Morgan fingerprint density at radius 1 is 1.21 bits per heavy atom. The molecule has 0 spiro atoms. The fourth-order valence-corrected chi connectivity index (χ4v) is 2.08. The first kappa shape index (κ1) is 19.5. The number of methoxy groups -OCH3 is 2. The van der Waals surface area contributed by atoms with Gasteiger partial charge in [-0.05, 0) is 38.5 Å². The molecule has 0 saturated carbocycles. The molecule has 1 aromatic carbocycles. The number of carbonyl (C=O) groups excluding carboxylic acids is 1. The molecule has 0 bridgehead atoms. The second-order valence-electron chi connectivity index (χ2n) is 6.26. The van der Waals surface area contributed by atoms with E-state index in [0.717, 1.165) is 0 Å². The molecule has 1 N–H and O–H groups in total. The highest BCUT2D eigenvalue weighted by Gasteiger charge is 2.32. The molecular weight excluding hydrogens is 316 g/mol. The van der Waals surface area contributed by atoms with Crippen molar-refractivity contribution in [2.45, 2.75) is 45.4 Å². The van der Waals surface area contributed by atoms with E-state index < -0.39 is 28.7 Å². The van der Waals surface area contributed by atoms with Crippen LogP contribution < -0.4 is 14.8 Å². The van der Waals surface area contributed by atoms with Gasteiger partial charge in [0.25, 0.3) is 0 Å². The molecule has 134 valence electrons. The van der Waals surface area contributed by atoms with Crippen LogP contribution in [0.2, 0.25) is 0 Å². The summed E-state index contributed by atoms with van der Waals surface area (Å²) in [4.78, 5) is 22.8. The van der Waals surface area contributed by atoms with Crippen molar-refractivity contribution in [2.75, 3.05) is 14.2 Å². The van der Waals surface area contributed by atoms with Gasteiger partial charge in [-0.1, -0.05) is 6.07 Å².